The Morgan fingerprint density at radius 1 is 1.38 bits per heavy atom. The molecule has 13 heavy (non-hydrogen) atoms. The molecule has 1 nitrogen and oxygen atoms in total. The van der Waals surface area contributed by atoms with E-state index in [4.69, 9.17) is 0 Å². The Bertz CT molecular complexity index is 344. The van der Waals surface area contributed by atoms with E-state index in [0.29, 0.717) is 0 Å². The zero-order chi connectivity index (χ0) is 9.64. The highest BCUT2D eigenvalue weighted by atomic mass is 127. The molecule has 2 rings (SSSR count). The normalized spacial score (nSPS) is 20.3. The number of hydrogen-bond acceptors (Lipinski definition) is 1. The Labute approximate surface area is 93.3 Å². The highest BCUT2D eigenvalue weighted by molar-refractivity contribution is 14.1. The van der Waals surface area contributed by atoms with E-state index in [1.807, 2.05) is 0 Å². The third-order valence-corrected chi connectivity index (χ3v) is 3.76. The standard InChI is InChI=1S/C11H14IN/c1-11(2)10-5-4-9(12)6-8(10)7-13(11)3/h4-6H,7H2,1-3H3. The second-order valence-electron chi connectivity index (χ2n) is 4.22. The van der Waals surface area contributed by atoms with Crippen LogP contribution in [0.15, 0.2) is 18.2 Å². The number of halogens is 1. The minimum Gasteiger partial charge on any atom is -0.293 e. The van der Waals surface area contributed by atoms with Gasteiger partial charge in [-0.05, 0) is 66.7 Å². The number of rotatable bonds is 0. The fourth-order valence-corrected chi connectivity index (χ4v) is 2.50. The van der Waals surface area contributed by atoms with Gasteiger partial charge < -0.3 is 0 Å². The predicted octanol–water partition coefficient (Wildman–Crippen LogP) is 2.97. The Morgan fingerprint density at radius 3 is 2.77 bits per heavy atom. The van der Waals surface area contributed by atoms with Gasteiger partial charge in [0.1, 0.15) is 0 Å². The van der Waals surface area contributed by atoms with Crippen molar-refractivity contribution >= 4 is 22.6 Å². The van der Waals surface area contributed by atoms with Gasteiger partial charge in [-0.3, -0.25) is 4.90 Å². The topological polar surface area (TPSA) is 3.24 Å². The van der Waals surface area contributed by atoms with E-state index < -0.39 is 0 Å². The fourth-order valence-electron chi connectivity index (χ4n) is 1.95. The minimum atomic E-state index is 0.208. The van der Waals surface area contributed by atoms with E-state index in [2.05, 4.69) is 66.6 Å². The molecule has 0 saturated carbocycles. The van der Waals surface area contributed by atoms with E-state index in [0.717, 1.165) is 6.54 Å². The first-order valence-corrected chi connectivity index (χ1v) is 5.60. The lowest BCUT2D eigenvalue weighted by atomic mass is 9.94. The molecule has 1 heterocycles. The van der Waals surface area contributed by atoms with Gasteiger partial charge in [0.15, 0.2) is 0 Å². The zero-order valence-electron chi connectivity index (χ0n) is 8.26. The first kappa shape index (κ1) is 9.46. The average Bonchev–Trinajstić information content (AvgIpc) is 2.23. The lowest BCUT2D eigenvalue weighted by Crippen LogP contribution is -2.31. The zero-order valence-corrected chi connectivity index (χ0v) is 10.4. The average molecular weight is 287 g/mol. The molecule has 70 valence electrons. The van der Waals surface area contributed by atoms with Crippen molar-refractivity contribution in [3.05, 3.63) is 32.9 Å². The summed E-state index contributed by atoms with van der Waals surface area (Å²) in [6, 6.07) is 6.75. The van der Waals surface area contributed by atoms with Gasteiger partial charge in [-0.25, -0.2) is 0 Å². The van der Waals surface area contributed by atoms with E-state index in [9.17, 15) is 0 Å². The second kappa shape index (κ2) is 2.95. The molecule has 0 fully saturated rings. The summed E-state index contributed by atoms with van der Waals surface area (Å²) in [6.07, 6.45) is 0. The van der Waals surface area contributed by atoms with Crippen molar-refractivity contribution in [2.45, 2.75) is 25.9 Å². The van der Waals surface area contributed by atoms with Crippen LogP contribution in [0.1, 0.15) is 25.0 Å². The van der Waals surface area contributed by atoms with Crippen molar-refractivity contribution in [3.63, 3.8) is 0 Å². The SMILES string of the molecule is CN1Cc2cc(I)ccc2C1(C)C. The summed E-state index contributed by atoms with van der Waals surface area (Å²) < 4.78 is 1.34. The summed E-state index contributed by atoms with van der Waals surface area (Å²) in [5.41, 5.74) is 3.18. The molecule has 0 bridgehead atoms. The van der Waals surface area contributed by atoms with Crippen LogP contribution in [0.25, 0.3) is 0 Å². The van der Waals surface area contributed by atoms with Crippen molar-refractivity contribution in [1.29, 1.82) is 0 Å². The van der Waals surface area contributed by atoms with Crippen molar-refractivity contribution < 1.29 is 0 Å². The Hall–Kier alpha value is -0.0900. The lowest BCUT2D eigenvalue weighted by Gasteiger charge is -2.28. The molecule has 0 atom stereocenters. The molecule has 0 N–H and O–H groups in total. The molecule has 0 saturated heterocycles. The smallest absolute Gasteiger partial charge is 0.0408 e. The summed E-state index contributed by atoms with van der Waals surface area (Å²) in [7, 11) is 2.19. The van der Waals surface area contributed by atoms with Gasteiger partial charge in [0.2, 0.25) is 0 Å². The lowest BCUT2D eigenvalue weighted by molar-refractivity contribution is 0.178. The van der Waals surface area contributed by atoms with Crippen LogP contribution in [0.2, 0.25) is 0 Å². The van der Waals surface area contributed by atoms with Crippen LogP contribution in [0.3, 0.4) is 0 Å². The van der Waals surface area contributed by atoms with Crippen molar-refractivity contribution in [1.82, 2.24) is 4.90 Å². The van der Waals surface area contributed by atoms with Crippen LogP contribution >= 0.6 is 22.6 Å². The Balaban J connectivity index is 2.55. The molecule has 1 aromatic rings. The summed E-state index contributed by atoms with van der Waals surface area (Å²) in [5, 5.41) is 0. The quantitative estimate of drug-likeness (QED) is 0.663. The van der Waals surface area contributed by atoms with Gasteiger partial charge in [-0.15, -0.1) is 0 Å². The monoisotopic (exact) mass is 287 g/mol. The Kier molecular flexibility index (Phi) is 2.15. The fraction of sp³-hybridized carbons (Fsp3) is 0.455. The second-order valence-corrected chi connectivity index (χ2v) is 5.46. The van der Waals surface area contributed by atoms with Gasteiger partial charge in [-0.1, -0.05) is 6.07 Å². The van der Waals surface area contributed by atoms with E-state index in [1.54, 1.807) is 0 Å². The van der Waals surface area contributed by atoms with Crippen LogP contribution < -0.4 is 0 Å². The van der Waals surface area contributed by atoms with Crippen LogP contribution in [0.4, 0.5) is 0 Å². The van der Waals surface area contributed by atoms with Crippen molar-refractivity contribution in [2.24, 2.45) is 0 Å². The molecule has 0 spiro atoms. The van der Waals surface area contributed by atoms with E-state index in [1.165, 1.54) is 14.7 Å². The molecular formula is C11H14IN. The predicted molar refractivity (Wildman–Crippen MR) is 63.7 cm³/mol. The Morgan fingerprint density at radius 2 is 2.08 bits per heavy atom. The number of fused-ring (bicyclic) bond motifs is 1. The minimum absolute atomic E-state index is 0.208. The van der Waals surface area contributed by atoms with Crippen molar-refractivity contribution in [3.8, 4) is 0 Å². The molecule has 1 aliphatic rings. The largest absolute Gasteiger partial charge is 0.293 e. The molecule has 0 radical (unpaired) electrons. The maximum Gasteiger partial charge on any atom is 0.0408 e. The van der Waals surface area contributed by atoms with Crippen LogP contribution in [-0.4, -0.2) is 11.9 Å². The number of nitrogens with zero attached hydrogens (tertiary/aromatic N) is 1. The van der Waals surface area contributed by atoms with E-state index >= 15 is 0 Å². The molecule has 0 aliphatic carbocycles. The van der Waals surface area contributed by atoms with Crippen LogP contribution in [0, 0.1) is 3.57 Å². The van der Waals surface area contributed by atoms with Crippen molar-refractivity contribution in [2.75, 3.05) is 7.05 Å². The molecule has 0 amide bonds. The van der Waals surface area contributed by atoms with Gasteiger partial charge in [0, 0.05) is 15.7 Å². The molecule has 1 aliphatic heterocycles. The van der Waals surface area contributed by atoms with Gasteiger partial charge in [-0.2, -0.15) is 0 Å². The highest BCUT2D eigenvalue weighted by Crippen LogP contribution is 2.37. The first-order valence-electron chi connectivity index (χ1n) is 4.52. The summed E-state index contributed by atoms with van der Waals surface area (Å²) in [6.45, 7) is 5.65. The van der Waals surface area contributed by atoms with E-state index in [-0.39, 0.29) is 5.54 Å². The maximum absolute atomic E-state index is 2.40. The van der Waals surface area contributed by atoms with Crippen LogP contribution in [0.5, 0.6) is 0 Å². The first-order chi connectivity index (χ1) is 6.01. The maximum atomic E-state index is 2.40. The van der Waals surface area contributed by atoms with Gasteiger partial charge in [0.25, 0.3) is 0 Å². The summed E-state index contributed by atoms with van der Waals surface area (Å²) >= 11 is 2.37. The molecule has 0 aromatic heterocycles. The number of hydrogen-bond donors (Lipinski definition) is 0. The molecule has 0 unspecified atom stereocenters. The van der Waals surface area contributed by atoms with Gasteiger partial charge in [0.05, 0.1) is 0 Å². The third kappa shape index (κ3) is 1.40. The molecule has 1 aromatic carbocycles. The summed E-state index contributed by atoms with van der Waals surface area (Å²) in [4.78, 5) is 2.40. The molecular weight excluding hydrogens is 273 g/mol. The number of benzene rings is 1. The highest BCUT2D eigenvalue weighted by Gasteiger charge is 2.34. The molecule has 2 heteroatoms. The van der Waals surface area contributed by atoms with Crippen LogP contribution in [-0.2, 0) is 12.1 Å². The van der Waals surface area contributed by atoms with Gasteiger partial charge >= 0.3 is 0 Å². The third-order valence-electron chi connectivity index (χ3n) is 3.09. The summed E-state index contributed by atoms with van der Waals surface area (Å²) in [5.74, 6) is 0.